The third-order valence-electron chi connectivity index (χ3n) is 1.65. The molecule has 4 N–H and O–H groups in total. The number of carbonyl (C=O) groups excluding carboxylic acids is 1. The second-order valence-corrected chi connectivity index (χ2v) is 4.41. The molecule has 0 aliphatic rings. The van der Waals surface area contributed by atoms with Crippen LogP contribution in [0.3, 0.4) is 0 Å². The van der Waals surface area contributed by atoms with E-state index in [1.807, 2.05) is 0 Å². The summed E-state index contributed by atoms with van der Waals surface area (Å²) in [5.74, 6) is 5.75. The molecule has 0 spiro atoms. The summed E-state index contributed by atoms with van der Waals surface area (Å²) in [4.78, 5) is 10.7. The molecule has 0 aromatic carbocycles. The Hall–Kier alpha value is -0.260. The van der Waals surface area contributed by atoms with Crippen LogP contribution in [0.25, 0.3) is 0 Å². The van der Waals surface area contributed by atoms with Crippen LogP contribution in [0.5, 0.6) is 0 Å². The van der Waals surface area contributed by atoms with Crippen LogP contribution in [0.1, 0.15) is 26.2 Å². The summed E-state index contributed by atoms with van der Waals surface area (Å²) in [5, 5.41) is 9.09. The zero-order valence-electron chi connectivity index (χ0n) is 7.95. The van der Waals surface area contributed by atoms with Gasteiger partial charge in [0.05, 0.1) is 0 Å². The van der Waals surface area contributed by atoms with Crippen molar-refractivity contribution in [3.05, 3.63) is 0 Å². The lowest BCUT2D eigenvalue weighted by atomic mass is 10.3. The Labute approximate surface area is 83.2 Å². The summed E-state index contributed by atoms with van der Waals surface area (Å²) in [6.45, 7) is 2.31. The first-order valence-electron chi connectivity index (χ1n) is 4.42. The molecule has 0 aromatic rings. The average molecular weight is 206 g/mol. The monoisotopic (exact) mass is 206 g/mol. The lowest BCUT2D eigenvalue weighted by Gasteiger charge is -2.08. The van der Waals surface area contributed by atoms with Crippen LogP contribution < -0.4 is 11.3 Å². The predicted octanol–water partition coefficient (Wildman–Crippen LogP) is 0.261. The van der Waals surface area contributed by atoms with Gasteiger partial charge in [-0.1, -0.05) is 6.92 Å². The Morgan fingerprint density at radius 1 is 1.69 bits per heavy atom. The quantitative estimate of drug-likeness (QED) is 0.242. The molecule has 5 heteroatoms. The second-order valence-electron chi connectivity index (χ2n) is 2.86. The van der Waals surface area contributed by atoms with Crippen molar-refractivity contribution in [3.63, 3.8) is 0 Å². The van der Waals surface area contributed by atoms with Crippen molar-refractivity contribution < 1.29 is 9.90 Å². The van der Waals surface area contributed by atoms with Crippen molar-refractivity contribution in [2.24, 2.45) is 5.84 Å². The third-order valence-corrected chi connectivity index (χ3v) is 2.98. The second kappa shape index (κ2) is 8.34. The molecule has 0 aliphatic carbocycles. The first-order chi connectivity index (χ1) is 6.20. The summed E-state index contributed by atoms with van der Waals surface area (Å²) in [7, 11) is 0. The molecule has 0 radical (unpaired) electrons. The molecule has 78 valence electrons. The van der Waals surface area contributed by atoms with Gasteiger partial charge < -0.3 is 5.11 Å². The normalized spacial score (nSPS) is 12.5. The summed E-state index contributed by atoms with van der Waals surface area (Å²) in [6.07, 6.45) is 2.13. The van der Waals surface area contributed by atoms with E-state index in [1.165, 1.54) is 0 Å². The maximum atomic E-state index is 10.7. The highest BCUT2D eigenvalue weighted by Gasteiger charge is 2.02. The van der Waals surface area contributed by atoms with Crippen LogP contribution in [0.15, 0.2) is 0 Å². The number of amides is 1. The minimum absolute atomic E-state index is 0.115. The van der Waals surface area contributed by atoms with E-state index in [0.29, 0.717) is 11.7 Å². The number of rotatable bonds is 7. The van der Waals surface area contributed by atoms with Crippen molar-refractivity contribution in [1.29, 1.82) is 0 Å². The molecule has 1 unspecified atom stereocenters. The fraction of sp³-hybridized carbons (Fsp3) is 0.875. The molecule has 0 aliphatic heterocycles. The number of aliphatic hydroxyl groups excluding tert-OH is 1. The van der Waals surface area contributed by atoms with Crippen LogP contribution in [-0.2, 0) is 4.79 Å². The number of carbonyl (C=O) groups is 1. The maximum Gasteiger partial charge on any atom is 0.233 e. The Morgan fingerprint density at radius 3 is 2.92 bits per heavy atom. The van der Waals surface area contributed by atoms with Crippen LogP contribution in [0, 0.1) is 0 Å². The largest absolute Gasteiger partial charge is 0.396 e. The lowest BCUT2D eigenvalue weighted by Crippen LogP contribution is -2.29. The van der Waals surface area contributed by atoms with E-state index >= 15 is 0 Å². The van der Waals surface area contributed by atoms with E-state index in [0.717, 1.165) is 18.6 Å². The van der Waals surface area contributed by atoms with Gasteiger partial charge in [0.2, 0.25) is 5.91 Å². The Kier molecular flexibility index (Phi) is 8.18. The number of hydrogen-bond donors (Lipinski definition) is 3. The molecular formula is C8H18N2O2S. The van der Waals surface area contributed by atoms with Gasteiger partial charge in [-0.2, -0.15) is 11.8 Å². The van der Waals surface area contributed by atoms with Crippen LogP contribution in [0.4, 0.5) is 0 Å². The molecule has 0 saturated heterocycles. The Balaban J connectivity index is 3.20. The number of hydrogen-bond acceptors (Lipinski definition) is 4. The lowest BCUT2D eigenvalue weighted by molar-refractivity contribution is -0.121. The van der Waals surface area contributed by atoms with Gasteiger partial charge in [0.15, 0.2) is 0 Å². The Morgan fingerprint density at radius 2 is 2.38 bits per heavy atom. The van der Waals surface area contributed by atoms with Gasteiger partial charge in [-0.05, 0) is 18.6 Å². The summed E-state index contributed by atoms with van der Waals surface area (Å²) >= 11 is 1.77. The molecule has 4 nitrogen and oxygen atoms in total. The molecule has 0 bridgehead atoms. The maximum absolute atomic E-state index is 10.7. The van der Waals surface area contributed by atoms with E-state index < -0.39 is 0 Å². The van der Waals surface area contributed by atoms with E-state index in [2.05, 4.69) is 12.3 Å². The van der Waals surface area contributed by atoms with Gasteiger partial charge in [-0.15, -0.1) is 0 Å². The first-order valence-corrected chi connectivity index (χ1v) is 5.47. The van der Waals surface area contributed by atoms with Crippen molar-refractivity contribution in [3.8, 4) is 0 Å². The molecule has 1 amide bonds. The highest BCUT2D eigenvalue weighted by molar-refractivity contribution is 7.99. The van der Waals surface area contributed by atoms with Gasteiger partial charge in [0, 0.05) is 18.3 Å². The number of nitrogens with two attached hydrogens (primary N) is 1. The molecule has 0 fully saturated rings. The molecule has 0 aromatic heterocycles. The molecule has 0 heterocycles. The van der Waals surface area contributed by atoms with Crippen LogP contribution >= 0.6 is 11.8 Å². The first kappa shape index (κ1) is 12.7. The highest BCUT2D eigenvalue weighted by Crippen LogP contribution is 2.15. The fourth-order valence-corrected chi connectivity index (χ4v) is 1.84. The van der Waals surface area contributed by atoms with Crippen LogP contribution in [0.2, 0.25) is 0 Å². The third kappa shape index (κ3) is 8.08. The van der Waals surface area contributed by atoms with Crippen molar-refractivity contribution in [1.82, 2.24) is 5.43 Å². The number of aliphatic hydroxyl groups is 1. The summed E-state index contributed by atoms with van der Waals surface area (Å²) in [5.41, 5.74) is 2.09. The van der Waals surface area contributed by atoms with E-state index in [4.69, 9.17) is 10.9 Å². The highest BCUT2D eigenvalue weighted by atomic mass is 32.2. The average Bonchev–Trinajstić information content (AvgIpc) is 2.12. The SMILES string of the molecule is CC(CCO)SCCCC(=O)NN. The topological polar surface area (TPSA) is 75.3 Å². The minimum Gasteiger partial charge on any atom is -0.396 e. The zero-order valence-corrected chi connectivity index (χ0v) is 8.77. The van der Waals surface area contributed by atoms with Crippen molar-refractivity contribution in [2.75, 3.05) is 12.4 Å². The van der Waals surface area contributed by atoms with Gasteiger partial charge in [0.1, 0.15) is 0 Å². The van der Waals surface area contributed by atoms with E-state index in [-0.39, 0.29) is 12.5 Å². The predicted molar refractivity (Wildman–Crippen MR) is 55.2 cm³/mol. The molecule has 0 saturated carbocycles. The molecule has 13 heavy (non-hydrogen) atoms. The standard InChI is InChI=1S/C8H18N2O2S/c1-7(4-5-11)13-6-2-3-8(12)10-9/h7,11H,2-6,9H2,1H3,(H,10,12). The molecular weight excluding hydrogens is 188 g/mol. The number of thioether (sulfide) groups is 1. The number of hydrazine groups is 1. The smallest absolute Gasteiger partial charge is 0.233 e. The van der Waals surface area contributed by atoms with Crippen molar-refractivity contribution >= 4 is 17.7 Å². The molecule has 0 rings (SSSR count). The van der Waals surface area contributed by atoms with Gasteiger partial charge >= 0.3 is 0 Å². The van der Waals surface area contributed by atoms with E-state index in [9.17, 15) is 4.79 Å². The van der Waals surface area contributed by atoms with Gasteiger partial charge in [-0.25, -0.2) is 5.84 Å². The Bertz CT molecular complexity index is 144. The van der Waals surface area contributed by atoms with E-state index in [1.54, 1.807) is 11.8 Å². The number of nitrogens with one attached hydrogen (secondary N) is 1. The van der Waals surface area contributed by atoms with Crippen LogP contribution in [-0.4, -0.2) is 28.6 Å². The minimum atomic E-state index is -0.115. The summed E-state index contributed by atoms with van der Waals surface area (Å²) in [6, 6.07) is 0. The fourth-order valence-electron chi connectivity index (χ4n) is 0.855. The van der Waals surface area contributed by atoms with Gasteiger partial charge in [-0.3, -0.25) is 10.2 Å². The molecule has 1 atom stereocenters. The van der Waals surface area contributed by atoms with Crippen molar-refractivity contribution in [2.45, 2.75) is 31.4 Å². The summed E-state index contributed by atoms with van der Waals surface area (Å²) < 4.78 is 0. The zero-order chi connectivity index (χ0) is 10.1. The van der Waals surface area contributed by atoms with Gasteiger partial charge in [0.25, 0.3) is 0 Å².